The number of hydrogen-bond donors (Lipinski definition) is 2. The molecule has 0 bridgehead atoms. The van der Waals surface area contributed by atoms with Gasteiger partial charge in [-0.3, -0.25) is 14.6 Å². The predicted molar refractivity (Wildman–Crippen MR) is 154 cm³/mol. The number of fused-ring (bicyclic) bond motifs is 2. The van der Waals surface area contributed by atoms with Crippen molar-refractivity contribution in [2.24, 2.45) is 0 Å². The molecule has 1 fully saturated rings. The van der Waals surface area contributed by atoms with Crippen LogP contribution >= 0.6 is 0 Å². The number of aliphatic hydroxyl groups excluding tert-OH is 1. The minimum absolute atomic E-state index is 0.0749. The van der Waals surface area contributed by atoms with Crippen LogP contribution in [0.4, 0.5) is 4.79 Å². The Balaban J connectivity index is 1.57. The molecule has 0 spiro atoms. The number of hydrogen-bond acceptors (Lipinski definition) is 9. The third-order valence-corrected chi connectivity index (χ3v) is 7.65. The van der Waals surface area contributed by atoms with Crippen molar-refractivity contribution in [2.75, 3.05) is 45.6 Å². The molecule has 0 saturated carbocycles. The highest BCUT2D eigenvalue weighted by Gasteiger charge is 2.31. The lowest BCUT2D eigenvalue weighted by Crippen LogP contribution is -2.46. The van der Waals surface area contributed by atoms with Crippen LogP contribution < -0.4 is 9.50 Å². The van der Waals surface area contributed by atoms with Gasteiger partial charge in [0, 0.05) is 62.3 Å². The molecule has 0 radical (unpaired) electrons. The third kappa shape index (κ3) is 6.40. The molecule has 5 rings (SSSR count). The Morgan fingerprint density at radius 1 is 1.05 bits per heavy atom. The number of carbonyl (C=O) groups excluding carboxylic acids is 2. The number of amides is 1. The molecule has 1 amide bonds. The van der Waals surface area contributed by atoms with Crippen molar-refractivity contribution < 1.29 is 32.0 Å². The molecule has 3 heterocycles. The number of aliphatic hydroxyl groups is 1. The molecule has 2 aliphatic rings. The van der Waals surface area contributed by atoms with Gasteiger partial charge in [-0.1, -0.05) is 6.07 Å². The second-order valence-corrected chi connectivity index (χ2v) is 13.1. The van der Waals surface area contributed by atoms with Crippen LogP contribution in [0.25, 0.3) is 22.2 Å². The Morgan fingerprint density at radius 2 is 1.76 bits per heavy atom. The first-order valence-corrected chi connectivity index (χ1v) is 15.4. The fourth-order valence-electron chi connectivity index (χ4n) is 5.41. The van der Waals surface area contributed by atoms with E-state index in [2.05, 4.69) is 15.1 Å². The number of benzene rings is 2. The first-order valence-electron chi connectivity index (χ1n) is 13.6. The van der Waals surface area contributed by atoms with E-state index in [-0.39, 0.29) is 30.4 Å². The second-order valence-electron chi connectivity index (χ2n) is 11.5. The van der Waals surface area contributed by atoms with E-state index in [9.17, 15) is 23.1 Å². The number of carbonyl (C=O) groups is 2. The van der Waals surface area contributed by atoms with E-state index in [0.717, 1.165) is 49.9 Å². The van der Waals surface area contributed by atoms with E-state index in [1.807, 2.05) is 24.3 Å². The molecule has 2 aliphatic heterocycles. The summed E-state index contributed by atoms with van der Waals surface area (Å²) in [6.45, 7) is 10.6. The van der Waals surface area contributed by atoms with Crippen molar-refractivity contribution >= 4 is 33.0 Å². The molecular formula is C29H36N4O7S. The summed E-state index contributed by atoms with van der Waals surface area (Å²) in [6.07, 6.45) is 0.365. The van der Waals surface area contributed by atoms with E-state index in [1.54, 1.807) is 26.8 Å². The average molecular weight is 585 g/mol. The van der Waals surface area contributed by atoms with E-state index >= 15 is 0 Å². The van der Waals surface area contributed by atoms with Crippen molar-refractivity contribution in [2.45, 2.75) is 39.5 Å². The highest BCUT2D eigenvalue weighted by Crippen LogP contribution is 2.38. The Morgan fingerprint density at radius 3 is 2.41 bits per heavy atom. The van der Waals surface area contributed by atoms with Crippen molar-refractivity contribution in [3.8, 4) is 17.0 Å². The summed E-state index contributed by atoms with van der Waals surface area (Å²) in [5.41, 5.74) is 2.58. The highest BCUT2D eigenvalue weighted by atomic mass is 32.2. The van der Waals surface area contributed by atoms with Crippen LogP contribution in [0.2, 0.25) is 0 Å². The van der Waals surface area contributed by atoms with Crippen LogP contribution in [-0.4, -0.2) is 91.1 Å². The fourth-order valence-corrected chi connectivity index (χ4v) is 5.89. The number of ether oxygens (including phenoxy) is 1. The number of piperazine rings is 1. The van der Waals surface area contributed by atoms with Crippen molar-refractivity contribution in [3.63, 3.8) is 0 Å². The Bertz CT molecular complexity index is 1600. The minimum atomic E-state index is -3.82. The predicted octanol–water partition coefficient (Wildman–Crippen LogP) is 2.78. The molecule has 0 atom stereocenters. The van der Waals surface area contributed by atoms with Gasteiger partial charge in [0.15, 0.2) is 0 Å². The molecule has 2 aromatic carbocycles. The second kappa shape index (κ2) is 11.1. The molecular weight excluding hydrogens is 548 g/mol. The van der Waals surface area contributed by atoms with E-state index < -0.39 is 21.8 Å². The summed E-state index contributed by atoms with van der Waals surface area (Å²) in [5, 5.41) is 12.8. The monoisotopic (exact) mass is 584 g/mol. The normalized spacial score (nSPS) is 16.6. The topological polar surface area (TPSA) is 130 Å². The van der Waals surface area contributed by atoms with E-state index in [1.165, 1.54) is 10.6 Å². The Hall–Kier alpha value is -3.45. The Kier molecular flexibility index (Phi) is 7.86. The summed E-state index contributed by atoms with van der Waals surface area (Å²) < 4.78 is 36.1. The zero-order chi connectivity index (χ0) is 29.5. The van der Waals surface area contributed by atoms with Crippen LogP contribution in [0.5, 0.6) is 5.75 Å². The largest absolute Gasteiger partial charge is 0.443 e. The molecule has 12 heteroatoms. The molecule has 1 aromatic heterocycles. The van der Waals surface area contributed by atoms with Gasteiger partial charge in [0.05, 0.1) is 29.6 Å². The maximum atomic E-state index is 13.6. The van der Waals surface area contributed by atoms with Crippen LogP contribution in [0.1, 0.15) is 42.3 Å². The number of nitrogens with zero attached hydrogens (tertiary/aromatic N) is 3. The first-order chi connectivity index (χ1) is 19.3. The van der Waals surface area contributed by atoms with Crippen LogP contribution in [-0.2, 0) is 27.9 Å². The zero-order valence-corrected chi connectivity index (χ0v) is 24.6. The molecule has 0 unspecified atom stereocenters. The molecule has 220 valence electrons. The van der Waals surface area contributed by atoms with Gasteiger partial charge in [0.2, 0.25) is 0 Å². The van der Waals surface area contributed by atoms with Gasteiger partial charge >= 0.3 is 16.2 Å². The van der Waals surface area contributed by atoms with Crippen molar-refractivity contribution in [1.29, 1.82) is 0 Å². The van der Waals surface area contributed by atoms with Gasteiger partial charge in [-0.25, -0.2) is 9.36 Å². The summed E-state index contributed by atoms with van der Waals surface area (Å²) in [6, 6.07) is 10.9. The smallest absolute Gasteiger partial charge is 0.419 e. The van der Waals surface area contributed by atoms with Crippen molar-refractivity contribution in [1.82, 2.24) is 19.7 Å². The number of rotatable bonds is 7. The zero-order valence-electron chi connectivity index (χ0n) is 23.8. The minimum Gasteiger partial charge on any atom is -0.443 e. The maximum Gasteiger partial charge on any atom is 0.419 e. The molecule has 3 aromatic rings. The SMILES string of the molecule is CC(C)(C)OC(=O)n1c(-c2ccc(OS(C)(=O)=O)c3c2C(=O)NC3)cc2cc(CN3CCN(CCO)CC3)ccc21. The molecule has 2 N–H and O–H groups in total. The lowest BCUT2D eigenvalue weighted by Gasteiger charge is -2.34. The summed E-state index contributed by atoms with van der Waals surface area (Å²) in [4.78, 5) is 31.1. The number of β-amino-alcohol motifs (C(OH)–C–C–N with tert-alkyl or cyclic N) is 1. The lowest BCUT2D eigenvalue weighted by atomic mass is 9.99. The summed E-state index contributed by atoms with van der Waals surface area (Å²) in [7, 11) is -3.82. The maximum absolute atomic E-state index is 13.6. The van der Waals surface area contributed by atoms with Gasteiger partial charge < -0.3 is 19.3 Å². The third-order valence-electron chi connectivity index (χ3n) is 7.17. The van der Waals surface area contributed by atoms with Gasteiger partial charge in [-0.15, -0.1) is 0 Å². The van der Waals surface area contributed by atoms with E-state index in [4.69, 9.17) is 8.92 Å². The molecule has 1 saturated heterocycles. The van der Waals surface area contributed by atoms with Crippen LogP contribution in [0, 0.1) is 0 Å². The quantitative estimate of drug-likeness (QED) is 0.403. The molecule has 41 heavy (non-hydrogen) atoms. The Labute approximate surface area is 239 Å². The summed E-state index contributed by atoms with van der Waals surface area (Å²) in [5.74, 6) is -0.304. The molecule has 0 aliphatic carbocycles. The van der Waals surface area contributed by atoms with Gasteiger partial charge in [-0.05, 0) is 56.7 Å². The standard InChI is InChI=1S/C29H36N4O7S/c1-29(2,3)39-28(36)33-23-7-5-19(18-32-11-9-31(10-12-32)13-14-34)15-20(23)16-24(33)21-6-8-25(40-41(4,37)38)22-17-30-27(35)26(21)22/h5-8,15-16,34H,9-14,17-18H2,1-4H3,(H,30,35). The number of aromatic nitrogens is 1. The first kappa shape index (κ1) is 29.1. The average Bonchev–Trinajstić information content (AvgIpc) is 3.45. The fraction of sp³-hybridized carbons (Fsp3) is 0.448. The van der Waals surface area contributed by atoms with E-state index in [0.29, 0.717) is 28.9 Å². The van der Waals surface area contributed by atoms with Crippen LogP contribution in [0.15, 0.2) is 36.4 Å². The lowest BCUT2D eigenvalue weighted by molar-refractivity contribution is 0.0546. The van der Waals surface area contributed by atoms with Gasteiger partial charge in [0.1, 0.15) is 11.4 Å². The highest BCUT2D eigenvalue weighted by molar-refractivity contribution is 7.86. The van der Waals surface area contributed by atoms with Gasteiger partial charge in [-0.2, -0.15) is 8.42 Å². The van der Waals surface area contributed by atoms with Crippen LogP contribution in [0.3, 0.4) is 0 Å². The number of nitrogens with one attached hydrogen (secondary N) is 1. The summed E-state index contributed by atoms with van der Waals surface area (Å²) >= 11 is 0. The molecule has 11 nitrogen and oxygen atoms in total. The van der Waals surface area contributed by atoms with Gasteiger partial charge in [0.25, 0.3) is 5.91 Å². The van der Waals surface area contributed by atoms with Crippen molar-refractivity contribution in [3.05, 3.63) is 53.1 Å².